The number of carbonyl (C=O) groups is 1. The van der Waals surface area contributed by atoms with Gasteiger partial charge in [0.2, 0.25) is 0 Å². The van der Waals surface area contributed by atoms with Crippen molar-refractivity contribution in [2.24, 2.45) is 0 Å². The van der Waals surface area contributed by atoms with Crippen molar-refractivity contribution < 1.29 is 98.9 Å². The predicted octanol–water partition coefficient (Wildman–Crippen LogP) is -1.36. The molecule has 0 heterocycles. The van der Waals surface area contributed by atoms with Crippen LogP contribution in [-0.2, 0) is 10.3 Å². The van der Waals surface area contributed by atoms with Crippen LogP contribution in [-0.4, -0.2) is 5.97 Å². The van der Waals surface area contributed by atoms with Gasteiger partial charge in [0.15, 0.2) is 0 Å². The van der Waals surface area contributed by atoms with E-state index in [1.54, 1.807) is 0 Å². The van der Waals surface area contributed by atoms with Gasteiger partial charge in [-0.15, -0.1) is 0 Å². The van der Waals surface area contributed by atoms with E-state index in [2.05, 4.69) is 0 Å². The topological polar surface area (TPSA) is 68.6 Å². The molecule has 0 aromatic carbocycles. The van der Waals surface area contributed by atoms with Gasteiger partial charge in [0.05, 0.1) is 0 Å². The fourth-order valence-corrected chi connectivity index (χ4v) is 0. The molecule has 0 aliphatic carbocycles. The normalized spacial score (nSPS) is 3.57. The molecular formula is C2H3Ce2O3+3. The minimum absolute atomic E-state index is 0. The zero-order chi connectivity index (χ0) is 3.58. The summed E-state index contributed by atoms with van der Waals surface area (Å²) in [6, 6.07) is 0. The number of carboxylic acids is 1. The molecule has 0 rings (SSSR count). The molecule has 7 heavy (non-hydrogen) atoms. The van der Waals surface area contributed by atoms with E-state index in [-0.39, 0.29) is 89.0 Å². The molecule has 0 aliphatic heterocycles. The third-order valence-electron chi connectivity index (χ3n) is 0. The smallest absolute Gasteiger partial charge is 2.00 e. The molecular weight excluding hydrogens is 352 g/mol. The van der Waals surface area contributed by atoms with Crippen LogP contribution < -0.4 is 5.11 Å². The molecule has 0 aliphatic rings. The van der Waals surface area contributed by atoms with Crippen LogP contribution in [0.4, 0.5) is 0 Å². The number of aliphatic carboxylic acids is 1. The maximum Gasteiger partial charge on any atom is 3.00 e. The van der Waals surface area contributed by atoms with Crippen molar-refractivity contribution in [3.8, 4) is 0 Å². The molecule has 5 heteroatoms. The van der Waals surface area contributed by atoms with Crippen LogP contribution in [0.5, 0.6) is 0 Å². The number of hydrogen-bond acceptors (Lipinski definition) is 2. The molecule has 0 N–H and O–H groups in total. The standard InChI is InChI=1S/C2H4O2.2Ce.O/c1-2(3)4;;;/h1H3,(H,3,4);;;/q;2*+3;-2/p-1. The second-order valence-electron chi connectivity index (χ2n) is 0.492. The predicted molar refractivity (Wildman–Crippen MR) is 11.4 cm³/mol. The van der Waals surface area contributed by atoms with Gasteiger partial charge in [0.1, 0.15) is 0 Å². The summed E-state index contributed by atoms with van der Waals surface area (Å²) < 4.78 is 0. The first-order valence-electron chi connectivity index (χ1n) is 0.908. The monoisotopic (exact) mass is 355 g/mol. The van der Waals surface area contributed by atoms with Gasteiger partial charge in [-0.2, -0.15) is 0 Å². The van der Waals surface area contributed by atoms with Gasteiger partial charge >= 0.3 is 83.5 Å². The Morgan fingerprint density at radius 3 is 1.43 bits per heavy atom. The number of carboxylic acid groups (broad SMARTS) is 1. The van der Waals surface area contributed by atoms with E-state index in [0.717, 1.165) is 6.92 Å². The van der Waals surface area contributed by atoms with Crippen LogP contribution in [0.15, 0.2) is 0 Å². The zero-order valence-corrected chi connectivity index (χ0v) is 10.0. The Balaban J connectivity index is -0.0000000150. The Kier molecular flexibility index (Phi) is 51.4. The maximum absolute atomic E-state index is 8.89. The second kappa shape index (κ2) is 15.7. The van der Waals surface area contributed by atoms with Crippen LogP contribution in [0.3, 0.4) is 0 Å². The van der Waals surface area contributed by atoms with Gasteiger partial charge < -0.3 is 15.4 Å². The third kappa shape index (κ3) is 65.6. The number of carbonyl (C=O) groups excluding carboxylic acids is 1. The van der Waals surface area contributed by atoms with Crippen molar-refractivity contribution in [1.82, 2.24) is 0 Å². The Hall–Kier alpha value is 2.18. The summed E-state index contributed by atoms with van der Waals surface area (Å²) in [7, 11) is 0. The molecule has 0 bridgehead atoms. The molecule has 0 atom stereocenters. The summed E-state index contributed by atoms with van der Waals surface area (Å²) in [6.07, 6.45) is 0. The first-order valence-corrected chi connectivity index (χ1v) is 0.908. The zero-order valence-electron chi connectivity index (χ0n) is 3.72. The number of rotatable bonds is 0. The van der Waals surface area contributed by atoms with Gasteiger partial charge in [-0.25, -0.2) is 0 Å². The minimum Gasteiger partial charge on any atom is -2.00 e. The fraction of sp³-hybridized carbons (Fsp3) is 0.500. The Morgan fingerprint density at radius 1 is 1.43 bits per heavy atom. The van der Waals surface area contributed by atoms with Gasteiger partial charge in [0.25, 0.3) is 0 Å². The Labute approximate surface area is 109 Å². The minimum atomic E-state index is -1.08. The molecule has 0 unspecified atom stereocenters. The largest absolute Gasteiger partial charge is 3.00 e. The average molecular weight is 355 g/mol. The molecule has 0 saturated carbocycles. The van der Waals surface area contributed by atoms with Crippen molar-refractivity contribution in [2.75, 3.05) is 0 Å². The van der Waals surface area contributed by atoms with E-state index < -0.39 is 5.97 Å². The summed E-state index contributed by atoms with van der Waals surface area (Å²) in [5.74, 6) is -1.08. The van der Waals surface area contributed by atoms with E-state index in [0.29, 0.717) is 0 Å². The van der Waals surface area contributed by atoms with Gasteiger partial charge in [-0.1, -0.05) is 0 Å². The molecule has 0 spiro atoms. The second-order valence-corrected chi connectivity index (χ2v) is 0.492. The van der Waals surface area contributed by atoms with E-state index in [4.69, 9.17) is 9.90 Å². The molecule has 34 valence electrons. The molecule has 0 amide bonds. The SMILES string of the molecule is CC(=O)[O-].[Ce+3].[Ce+3].[O-2]. The number of hydrogen-bond donors (Lipinski definition) is 0. The summed E-state index contributed by atoms with van der Waals surface area (Å²) >= 11 is 0. The first kappa shape index (κ1) is 22.9. The van der Waals surface area contributed by atoms with Crippen molar-refractivity contribution in [2.45, 2.75) is 6.92 Å². The molecule has 0 saturated heterocycles. The van der Waals surface area contributed by atoms with Crippen LogP contribution in [0, 0.1) is 83.5 Å². The van der Waals surface area contributed by atoms with Crippen molar-refractivity contribution in [1.29, 1.82) is 0 Å². The first-order chi connectivity index (χ1) is 1.73. The summed E-state index contributed by atoms with van der Waals surface area (Å²) in [4.78, 5) is 8.89. The van der Waals surface area contributed by atoms with E-state index in [1.165, 1.54) is 0 Å². The summed E-state index contributed by atoms with van der Waals surface area (Å²) in [5, 5.41) is 8.89. The third-order valence-corrected chi connectivity index (χ3v) is 0. The fourth-order valence-electron chi connectivity index (χ4n) is 0. The molecule has 0 aromatic rings. The van der Waals surface area contributed by atoms with Crippen LogP contribution in [0.2, 0.25) is 0 Å². The van der Waals surface area contributed by atoms with Crippen molar-refractivity contribution in [3.05, 3.63) is 0 Å². The molecule has 0 aromatic heterocycles. The van der Waals surface area contributed by atoms with Crippen LogP contribution >= 0.6 is 0 Å². The summed E-state index contributed by atoms with van der Waals surface area (Å²) in [5.41, 5.74) is 0. The van der Waals surface area contributed by atoms with Crippen molar-refractivity contribution >= 4 is 5.97 Å². The maximum atomic E-state index is 8.89. The van der Waals surface area contributed by atoms with Gasteiger partial charge in [0, 0.05) is 5.97 Å². The molecule has 2 radical (unpaired) electrons. The molecule has 0 fully saturated rings. The average Bonchev–Trinajstić information content (AvgIpc) is 0.811. The Bertz CT molecular complexity index is 33.9. The Morgan fingerprint density at radius 2 is 1.43 bits per heavy atom. The van der Waals surface area contributed by atoms with E-state index in [1.807, 2.05) is 0 Å². The van der Waals surface area contributed by atoms with Crippen molar-refractivity contribution in [3.63, 3.8) is 0 Å². The van der Waals surface area contributed by atoms with Gasteiger partial charge in [-0.05, 0) is 6.92 Å². The quantitative estimate of drug-likeness (QED) is 0.539. The van der Waals surface area contributed by atoms with E-state index >= 15 is 0 Å². The summed E-state index contributed by atoms with van der Waals surface area (Å²) in [6.45, 7) is 0.972. The molecule has 3 nitrogen and oxygen atoms in total. The van der Waals surface area contributed by atoms with Crippen LogP contribution in [0.1, 0.15) is 6.92 Å². The van der Waals surface area contributed by atoms with E-state index in [9.17, 15) is 0 Å². The van der Waals surface area contributed by atoms with Gasteiger partial charge in [-0.3, -0.25) is 0 Å². The van der Waals surface area contributed by atoms with Crippen LogP contribution in [0.25, 0.3) is 0 Å².